The molecular weight excluding hydrogens is 384 g/mol. The number of alkyl halides is 2. The van der Waals surface area contributed by atoms with Crippen molar-refractivity contribution in [1.82, 2.24) is 9.88 Å². The van der Waals surface area contributed by atoms with E-state index in [1.165, 1.54) is 5.56 Å². The molecule has 1 aromatic carbocycles. The van der Waals surface area contributed by atoms with E-state index >= 15 is 0 Å². The second kappa shape index (κ2) is 7.57. The SMILES string of the molecule is CC(C)c1ccc([C@](O)(c2cncc(N3C[C@H](F)[C@@H](F)C3)c2)C2(C)CN(C)C2)cc1. The van der Waals surface area contributed by atoms with Gasteiger partial charge < -0.3 is 14.9 Å². The van der Waals surface area contributed by atoms with Crippen molar-refractivity contribution in [3.05, 3.63) is 59.4 Å². The molecule has 0 unspecified atom stereocenters. The van der Waals surface area contributed by atoms with Gasteiger partial charge in [0.1, 0.15) is 5.60 Å². The molecule has 6 heteroatoms. The van der Waals surface area contributed by atoms with Crippen LogP contribution in [0.4, 0.5) is 14.5 Å². The smallest absolute Gasteiger partial charge is 0.150 e. The summed E-state index contributed by atoms with van der Waals surface area (Å²) in [5.74, 6) is 0.403. The fourth-order valence-electron chi connectivity index (χ4n) is 5.08. The van der Waals surface area contributed by atoms with Gasteiger partial charge in [-0.25, -0.2) is 8.78 Å². The second-order valence-corrected chi connectivity index (χ2v) is 9.59. The summed E-state index contributed by atoms with van der Waals surface area (Å²) >= 11 is 0. The highest BCUT2D eigenvalue weighted by Crippen LogP contribution is 2.50. The molecule has 0 bridgehead atoms. The molecule has 0 saturated carbocycles. The van der Waals surface area contributed by atoms with Crippen LogP contribution >= 0.6 is 0 Å². The molecular formula is C24H31F2N3O. The predicted octanol–water partition coefficient (Wildman–Crippen LogP) is 3.89. The van der Waals surface area contributed by atoms with Crippen molar-refractivity contribution in [2.24, 2.45) is 5.41 Å². The van der Waals surface area contributed by atoms with Gasteiger partial charge in [0.05, 0.1) is 25.0 Å². The Bertz CT molecular complexity index is 888. The molecule has 4 nitrogen and oxygen atoms in total. The predicted molar refractivity (Wildman–Crippen MR) is 115 cm³/mol. The normalized spacial score (nSPS) is 25.9. The fourth-order valence-corrected chi connectivity index (χ4v) is 5.08. The lowest BCUT2D eigenvalue weighted by atomic mass is 9.62. The lowest BCUT2D eigenvalue weighted by Crippen LogP contribution is -2.63. The number of anilines is 1. The summed E-state index contributed by atoms with van der Waals surface area (Å²) in [6, 6.07) is 9.97. The number of aromatic nitrogens is 1. The molecule has 0 aliphatic carbocycles. The van der Waals surface area contributed by atoms with Crippen LogP contribution in [-0.2, 0) is 5.60 Å². The Morgan fingerprint density at radius 2 is 1.67 bits per heavy atom. The van der Waals surface area contributed by atoms with Crippen LogP contribution < -0.4 is 4.90 Å². The molecule has 0 spiro atoms. The topological polar surface area (TPSA) is 39.6 Å². The number of pyridine rings is 1. The highest BCUT2D eigenvalue weighted by atomic mass is 19.2. The van der Waals surface area contributed by atoms with Gasteiger partial charge in [-0.3, -0.25) is 4.98 Å². The molecule has 0 radical (unpaired) electrons. The van der Waals surface area contributed by atoms with Crippen LogP contribution in [0, 0.1) is 5.41 Å². The number of hydrogen-bond acceptors (Lipinski definition) is 4. The van der Waals surface area contributed by atoms with Crippen molar-refractivity contribution in [2.75, 3.05) is 38.1 Å². The van der Waals surface area contributed by atoms with Gasteiger partial charge in [-0.05, 0) is 30.2 Å². The highest BCUT2D eigenvalue weighted by Gasteiger charge is 2.55. The Balaban J connectivity index is 1.76. The molecule has 2 aliphatic rings. The van der Waals surface area contributed by atoms with E-state index in [9.17, 15) is 13.9 Å². The number of benzene rings is 1. The molecule has 2 aromatic rings. The Morgan fingerprint density at radius 3 is 2.20 bits per heavy atom. The summed E-state index contributed by atoms with van der Waals surface area (Å²) < 4.78 is 27.5. The maximum absolute atomic E-state index is 13.8. The summed E-state index contributed by atoms with van der Waals surface area (Å²) in [7, 11) is 2.03. The number of likely N-dealkylation sites (tertiary alicyclic amines) is 1. The van der Waals surface area contributed by atoms with Crippen molar-refractivity contribution in [3.63, 3.8) is 0 Å². The molecule has 3 atom stereocenters. The molecule has 2 aliphatic heterocycles. The van der Waals surface area contributed by atoms with Gasteiger partial charge in [0.15, 0.2) is 12.3 Å². The standard InChI is InChI=1S/C24H31F2N3O/c1-16(2)17-5-7-18(8-6-17)24(30,23(3)14-28(4)15-23)19-9-20(11-27-10-19)29-12-21(25)22(26)13-29/h5-11,16,21-22,30H,12-15H2,1-4H3/t21-,22-,24-/m0/s1. The zero-order chi connectivity index (χ0) is 21.7. The molecule has 1 N–H and O–H groups in total. The van der Waals surface area contributed by atoms with Gasteiger partial charge in [-0.2, -0.15) is 0 Å². The van der Waals surface area contributed by atoms with Crippen LogP contribution in [0.2, 0.25) is 0 Å². The maximum atomic E-state index is 13.8. The number of nitrogens with zero attached hydrogens (tertiary/aromatic N) is 3. The highest BCUT2D eigenvalue weighted by molar-refractivity contribution is 5.52. The van der Waals surface area contributed by atoms with E-state index in [0.29, 0.717) is 17.2 Å². The fraction of sp³-hybridized carbons (Fsp3) is 0.542. The third kappa shape index (κ3) is 3.40. The second-order valence-electron chi connectivity index (χ2n) is 9.59. The van der Waals surface area contributed by atoms with E-state index in [-0.39, 0.29) is 13.1 Å². The minimum atomic E-state index is -1.49. The first-order chi connectivity index (χ1) is 14.1. The number of hydrogen-bond donors (Lipinski definition) is 1. The van der Waals surface area contributed by atoms with Gasteiger partial charge >= 0.3 is 0 Å². The Kier molecular flexibility index (Phi) is 5.35. The molecule has 162 valence electrons. The van der Waals surface area contributed by atoms with Crippen molar-refractivity contribution in [2.45, 2.75) is 44.6 Å². The van der Waals surface area contributed by atoms with Gasteiger partial charge in [0.2, 0.25) is 0 Å². The van der Waals surface area contributed by atoms with Gasteiger partial charge in [0.25, 0.3) is 0 Å². The van der Waals surface area contributed by atoms with Crippen molar-refractivity contribution >= 4 is 5.69 Å². The van der Waals surface area contributed by atoms with Crippen molar-refractivity contribution < 1.29 is 13.9 Å². The third-order valence-corrected chi connectivity index (χ3v) is 6.80. The first-order valence-corrected chi connectivity index (χ1v) is 10.6. The van der Waals surface area contributed by atoms with E-state index in [2.05, 4.69) is 42.8 Å². The van der Waals surface area contributed by atoms with Crippen molar-refractivity contribution in [3.8, 4) is 0 Å². The summed E-state index contributed by atoms with van der Waals surface area (Å²) in [4.78, 5) is 8.19. The molecule has 2 fully saturated rings. The molecule has 2 saturated heterocycles. The summed E-state index contributed by atoms with van der Waals surface area (Å²) in [6.07, 6.45) is 0.313. The molecule has 3 heterocycles. The van der Waals surface area contributed by atoms with E-state index in [1.807, 2.05) is 25.2 Å². The van der Waals surface area contributed by atoms with Crippen LogP contribution in [-0.4, -0.2) is 60.6 Å². The van der Waals surface area contributed by atoms with Crippen LogP contribution in [0.1, 0.15) is 43.4 Å². The monoisotopic (exact) mass is 415 g/mol. The van der Waals surface area contributed by atoms with E-state index in [1.54, 1.807) is 17.3 Å². The van der Waals surface area contributed by atoms with Crippen LogP contribution in [0.5, 0.6) is 0 Å². The number of halogens is 2. The average Bonchev–Trinajstić information content (AvgIpc) is 3.05. The first-order valence-electron chi connectivity index (χ1n) is 10.6. The Hall–Kier alpha value is -2.05. The number of rotatable bonds is 5. The number of aliphatic hydroxyl groups is 1. The quantitative estimate of drug-likeness (QED) is 0.804. The third-order valence-electron chi connectivity index (χ3n) is 6.80. The van der Waals surface area contributed by atoms with E-state index in [0.717, 1.165) is 18.7 Å². The van der Waals surface area contributed by atoms with Gasteiger partial charge in [0, 0.05) is 30.3 Å². The minimum Gasteiger partial charge on any atom is -0.380 e. The van der Waals surface area contributed by atoms with Crippen molar-refractivity contribution in [1.29, 1.82) is 0 Å². The zero-order valence-corrected chi connectivity index (χ0v) is 18.1. The van der Waals surface area contributed by atoms with Crippen LogP contribution in [0.3, 0.4) is 0 Å². The molecule has 30 heavy (non-hydrogen) atoms. The van der Waals surface area contributed by atoms with Gasteiger partial charge in [-0.1, -0.05) is 45.0 Å². The largest absolute Gasteiger partial charge is 0.380 e. The average molecular weight is 416 g/mol. The molecule has 4 rings (SSSR count). The molecule has 1 aromatic heterocycles. The minimum absolute atomic E-state index is 0.00776. The summed E-state index contributed by atoms with van der Waals surface area (Å²) in [5, 5.41) is 12.2. The maximum Gasteiger partial charge on any atom is 0.150 e. The van der Waals surface area contributed by atoms with Crippen LogP contribution in [0.25, 0.3) is 0 Å². The van der Waals surface area contributed by atoms with E-state index < -0.39 is 23.4 Å². The van der Waals surface area contributed by atoms with E-state index in [4.69, 9.17) is 0 Å². The Morgan fingerprint density at radius 1 is 1.07 bits per heavy atom. The van der Waals surface area contributed by atoms with Gasteiger partial charge in [-0.15, -0.1) is 0 Å². The lowest BCUT2D eigenvalue weighted by molar-refractivity contribution is -0.127. The first kappa shape index (κ1) is 21.2. The Labute approximate surface area is 177 Å². The summed E-state index contributed by atoms with van der Waals surface area (Å²) in [5.41, 5.74) is 1.66. The summed E-state index contributed by atoms with van der Waals surface area (Å²) in [6.45, 7) is 7.86. The lowest BCUT2D eigenvalue weighted by Gasteiger charge is -2.56. The zero-order valence-electron chi connectivity index (χ0n) is 18.1. The molecule has 0 amide bonds. The van der Waals surface area contributed by atoms with Crippen LogP contribution in [0.15, 0.2) is 42.7 Å².